The summed E-state index contributed by atoms with van der Waals surface area (Å²) in [6.45, 7) is 10.1. The molecule has 154 valence electrons. The van der Waals surface area contributed by atoms with Crippen LogP contribution in [0.5, 0.6) is 6.01 Å². The van der Waals surface area contributed by atoms with Crippen molar-refractivity contribution in [2.75, 3.05) is 25.6 Å². The average Bonchev–Trinajstić information content (AvgIpc) is 2.89. The number of hydrogen-bond donors (Lipinski definition) is 0. The Bertz CT molecular complexity index is 670. The number of alkyl halides is 1. The monoisotopic (exact) mass is 409 g/mol. The fourth-order valence-corrected chi connectivity index (χ4v) is 3.60. The average molecular weight is 410 g/mol. The molecule has 3 heterocycles. The van der Waals surface area contributed by atoms with Crippen molar-refractivity contribution in [3.05, 3.63) is 12.4 Å². The fourth-order valence-electron chi connectivity index (χ4n) is 3.43. The van der Waals surface area contributed by atoms with E-state index in [0.29, 0.717) is 18.5 Å². The van der Waals surface area contributed by atoms with Gasteiger partial charge < -0.3 is 18.9 Å². The number of ether oxygens (including phenoxy) is 1. The Morgan fingerprint density at radius 3 is 2.54 bits per heavy atom. The Morgan fingerprint density at radius 1 is 1.29 bits per heavy atom. The smallest absolute Gasteiger partial charge is 0.463 e. The maximum absolute atomic E-state index is 11.8. The van der Waals surface area contributed by atoms with Gasteiger partial charge >= 0.3 is 13.1 Å². The van der Waals surface area contributed by atoms with E-state index in [1.807, 2.05) is 32.6 Å². The number of likely N-dealkylation sites (tertiary alicyclic amines) is 1. The van der Waals surface area contributed by atoms with Gasteiger partial charge in [-0.1, -0.05) is 0 Å². The first-order chi connectivity index (χ1) is 13.2. The van der Waals surface area contributed by atoms with E-state index in [1.54, 1.807) is 12.4 Å². The Labute approximate surface area is 172 Å². The second-order valence-electron chi connectivity index (χ2n) is 8.51. The predicted octanol–water partition coefficient (Wildman–Crippen LogP) is 2.02. The third-order valence-corrected chi connectivity index (χ3v) is 6.15. The molecule has 0 aliphatic carbocycles. The number of carbonyl (C=O) groups is 1. The molecular weight excluding hydrogens is 380 g/mol. The van der Waals surface area contributed by atoms with Gasteiger partial charge in [0.05, 0.1) is 17.8 Å². The molecule has 0 aromatic carbocycles. The molecule has 0 saturated carbocycles. The minimum absolute atomic E-state index is 0.00825. The zero-order chi connectivity index (χ0) is 20.4. The van der Waals surface area contributed by atoms with E-state index in [2.05, 4.69) is 9.97 Å². The summed E-state index contributed by atoms with van der Waals surface area (Å²) in [7, 11) is -0.480. The molecule has 0 N–H and O–H groups in total. The molecule has 2 saturated heterocycles. The zero-order valence-corrected chi connectivity index (χ0v) is 17.9. The van der Waals surface area contributed by atoms with Crippen molar-refractivity contribution in [1.29, 1.82) is 0 Å². The number of piperidine rings is 1. The number of nitrogens with zero attached hydrogens (tertiary/aromatic N) is 3. The number of halogens is 1. The minimum atomic E-state index is -0.480. The molecule has 0 bridgehead atoms. The van der Waals surface area contributed by atoms with Crippen molar-refractivity contribution in [2.45, 2.75) is 58.2 Å². The highest BCUT2D eigenvalue weighted by atomic mass is 35.5. The Hall–Kier alpha value is -1.38. The lowest BCUT2D eigenvalue weighted by Gasteiger charge is -2.32. The quantitative estimate of drug-likeness (QED) is 0.529. The first kappa shape index (κ1) is 21.3. The lowest BCUT2D eigenvalue weighted by molar-refractivity contribution is -0.130. The van der Waals surface area contributed by atoms with Gasteiger partial charge in [0, 0.05) is 30.9 Å². The molecule has 0 radical (unpaired) electrons. The van der Waals surface area contributed by atoms with Gasteiger partial charge in [0.15, 0.2) is 0 Å². The van der Waals surface area contributed by atoms with Crippen LogP contribution in [0, 0.1) is 5.92 Å². The van der Waals surface area contributed by atoms with E-state index in [-0.39, 0.29) is 11.8 Å². The van der Waals surface area contributed by atoms with Gasteiger partial charge in [-0.05, 0) is 52.9 Å². The summed E-state index contributed by atoms with van der Waals surface area (Å²) in [6, 6.07) is 0.338. The van der Waals surface area contributed by atoms with Crippen LogP contribution in [0.1, 0.15) is 47.0 Å². The summed E-state index contributed by atoms with van der Waals surface area (Å²) >= 11 is 5.66. The van der Waals surface area contributed by atoms with Gasteiger partial charge in [-0.2, -0.15) is 0 Å². The first-order valence-electron chi connectivity index (χ1n) is 9.86. The van der Waals surface area contributed by atoms with Crippen LogP contribution in [-0.4, -0.2) is 64.7 Å². The summed E-state index contributed by atoms with van der Waals surface area (Å²) in [5.74, 6) is 0.477. The lowest BCUT2D eigenvalue weighted by Crippen LogP contribution is -2.41. The molecule has 0 unspecified atom stereocenters. The highest BCUT2D eigenvalue weighted by molar-refractivity contribution is 6.61. The fraction of sp³-hybridized carbons (Fsp3) is 0.737. The van der Waals surface area contributed by atoms with Gasteiger partial charge in [-0.3, -0.25) is 4.79 Å². The molecule has 1 atom stereocenters. The summed E-state index contributed by atoms with van der Waals surface area (Å²) in [5, 5.41) is 0. The maximum atomic E-state index is 11.8. The topological polar surface area (TPSA) is 73.8 Å². The van der Waals surface area contributed by atoms with E-state index in [1.165, 1.54) is 0 Å². The summed E-state index contributed by atoms with van der Waals surface area (Å²) < 4.78 is 17.7. The van der Waals surface area contributed by atoms with Crippen LogP contribution in [0.4, 0.5) is 0 Å². The third kappa shape index (κ3) is 4.78. The normalized spacial score (nSPS) is 23.7. The van der Waals surface area contributed by atoms with Crippen molar-refractivity contribution in [2.24, 2.45) is 5.92 Å². The molecule has 2 fully saturated rings. The molecule has 28 heavy (non-hydrogen) atoms. The Balaban J connectivity index is 1.47. The summed E-state index contributed by atoms with van der Waals surface area (Å²) in [5.41, 5.74) is -0.0227. The van der Waals surface area contributed by atoms with Crippen molar-refractivity contribution in [3.8, 4) is 6.01 Å². The Morgan fingerprint density at radius 2 is 1.93 bits per heavy atom. The first-order valence-corrected chi connectivity index (χ1v) is 10.4. The largest absolute Gasteiger partial charge is 0.498 e. The summed E-state index contributed by atoms with van der Waals surface area (Å²) in [6.07, 6.45) is 6.33. The van der Waals surface area contributed by atoms with Gasteiger partial charge in [0.1, 0.15) is 5.88 Å². The van der Waals surface area contributed by atoms with E-state index in [9.17, 15) is 4.79 Å². The molecule has 9 heteroatoms. The van der Waals surface area contributed by atoms with Crippen molar-refractivity contribution in [3.63, 3.8) is 0 Å². The Kier molecular flexibility index (Phi) is 6.52. The van der Waals surface area contributed by atoms with Crippen LogP contribution < -0.4 is 10.2 Å². The van der Waals surface area contributed by atoms with E-state index < -0.39 is 18.3 Å². The van der Waals surface area contributed by atoms with Crippen LogP contribution >= 0.6 is 11.6 Å². The van der Waals surface area contributed by atoms with Crippen LogP contribution in [0.15, 0.2) is 12.4 Å². The van der Waals surface area contributed by atoms with Gasteiger partial charge in [0.25, 0.3) is 0 Å². The highest BCUT2D eigenvalue weighted by Gasteiger charge is 2.51. The molecule has 0 spiro atoms. The van der Waals surface area contributed by atoms with Crippen molar-refractivity contribution < 1.29 is 18.8 Å². The molecule has 7 nitrogen and oxygen atoms in total. The molecule has 1 aromatic heterocycles. The van der Waals surface area contributed by atoms with Crippen molar-refractivity contribution in [1.82, 2.24) is 14.9 Å². The van der Waals surface area contributed by atoms with Crippen LogP contribution in [0.3, 0.4) is 0 Å². The van der Waals surface area contributed by atoms with E-state index >= 15 is 0 Å². The molecule has 1 amide bonds. The second-order valence-corrected chi connectivity index (χ2v) is 8.77. The van der Waals surface area contributed by atoms with E-state index in [0.717, 1.165) is 37.8 Å². The van der Waals surface area contributed by atoms with Crippen LogP contribution in [0.2, 0.25) is 0 Å². The lowest BCUT2D eigenvalue weighted by atomic mass is 9.81. The maximum Gasteiger partial charge on any atom is 0.498 e. The van der Waals surface area contributed by atoms with Gasteiger partial charge in [-0.25, -0.2) is 9.97 Å². The number of aromatic nitrogens is 2. The number of rotatable bonds is 6. The SMILES string of the molecule is CC1(C)OB(c2cnc(OCC[C@@H]3CCCN(C(=O)CCl)C3)nc2)OC1(C)C. The second kappa shape index (κ2) is 8.55. The highest BCUT2D eigenvalue weighted by Crippen LogP contribution is 2.36. The number of carbonyl (C=O) groups excluding carboxylic acids is 1. The van der Waals surface area contributed by atoms with Crippen LogP contribution in [-0.2, 0) is 14.1 Å². The third-order valence-electron chi connectivity index (χ3n) is 5.92. The van der Waals surface area contributed by atoms with Crippen molar-refractivity contribution >= 4 is 30.1 Å². The summed E-state index contributed by atoms with van der Waals surface area (Å²) in [4.78, 5) is 22.2. The predicted molar refractivity (Wildman–Crippen MR) is 108 cm³/mol. The minimum Gasteiger partial charge on any atom is -0.463 e. The van der Waals surface area contributed by atoms with Gasteiger partial charge in [0.2, 0.25) is 5.91 Å². The standard InChI is InChI=1S/C19H29BClN3O4/c1-18(2)19(3,4)28-20(27-18)15-11-22-17(23-12-15)26-9-7-14-6-5-8-24(13-14)16(25)10-21/h11-12,14H,5-10,13H2,1-4H3/t14-/m0/s1. The number of hydrogen-bond acceptors (Lipinski definition) is 6. The molecule has 1 aromatic rings. The zero-order valence-electron chi connectivity index (χ0n) is 17.1. The molecule has 2 aliphatic heterocycles. The molecule has 3 rings (SSSR count). The van der Waals surface area contributed by atoms with Gasteiger partial charge in [-0.15, -0.1) is 11.6 Å². The number of amides is 1. The van der Waals surface area contributed by atoms with Crippen LogP contribution in [0.25, 0.3) is 0 Å². The molecular formula is C19H29BClN3O4. The van der Waals surface area contributed by atoms with E-state index in [4.69, 9.17) is 25.6 Å². The molecule has 2 aliphatic rings.